The summed E-state index contributed by atoms with van der Waals surface area (Å²) in [4.78, 5) is 38.3. The molecule has 1 atom stereocenters. The highest BCUT2D eigenvalue weighted by Crippen LogP contribution is 2.14. The summed E-state index contributed by atoms with van der Waals surface area (Å²) in [5.41, 5.74) is 0. The molecule has 0 aliphatic rings. The van der Waals surface area contributed by atoms with Crippen LogP contribution in [-0.4, -0.2) is 37.2 Å². The molecular weight excluding hydrogens is 901 g/mol. The highest BCUT2D eigenvalue weighted by molar-refractivity contribution is 5.71. The van der Waals surface area contributed by atoms with Crippen molar-refractivity contribution in [1.29, 1.82) is 0 Å². The van der Waals surface area contributed by atoms with Gasteiger partial charge in [0.1, 0.15) is 13.2 Å². The quantitative estimate of drug-likeness (QED) is 0.0199. The fraction of sp³-hybridized carbons (Fsp3) is 0.627. The number of esters is 3. The van der Waals surface area contributed by atoms with Gasteiger partial charge in [0, 0.05) is 19.3 Å². The Morgan fingerprint density at radius 1 is 0.301 bits per heavy atom. The van der Waals surface area contributed by atoms with Crippen molar-refractivity contribution in [3.8, 4) is 0 Å². The van der Waals surface area contributed by atoms with Crippen LogP contribution in [0.25, 0.3) is 0 Å². The molecule has 412 valence electrons. The van der Waals surface area contributed by atoms with Crippen LogP contribution in [0.2, 0.25) is 0 Å². The lowest BCUT2D eigenvalue weighted by atomic mass is 10.1. The van der Waals surface area contributed by atoms with Gasteiger partial charge in [0.05, 0.1) is 0 Å². The second-order valence-corrected chi connectivity index (χ2v) is 19.3. The predicted octanol–water partition coefficient (Wildman–Crippen LogP) is 20.2. The van der Waals surface area contributed by atoms with Gasteiger partial charge in [0.2, 0.25) is 0 Å². The van der Waals surface area contributed by atoms with E-state index < -0.39 is 6.10 Å². The summed E-state index contributed by atoms with van der Waals surface area (Å²) < 4.78 is 16.9. The molecule has 0 amide bonds. The lowest BCUT2D eigenvalue weighted by molar-refractivity contribution is -0.167. The van der Waals surface area contributed by atoms with Crippen LogP contribution in [0.1, 0.15) is 252 Å². The first-order valence-electron chi connectivity index (χ1n) is 29.8. The van der Waals surface area contributed by atoms with Crippen LogP contribution < -0.4 is 0 Å². The number of rotatable bonds is 52. The number of hydrogen-bond donors (Lipinski definition) is 0. The minimum Gasteiger partial charge on any atom is -0.462 e. The first-order valence-corrected chi connectivity index (χ1v) is 29.8. The van der Waals surface area contributed by atoms with Gasteiger partial charge in [-0.25, -0.2) is 0 Å². The summed E-state index contributed by atoms with van der Waals surface area (Å²) in [5.74, 6) is -0.954. The molecule has 0 aromatic heterocycles. The fourth-order valence-electron chi connectivity index (χ4n) is 7.84. The van der Waals surface area contributed by atoms with E-state index in [0.717, 1.165) is 135 Å². The molecule has 1 unspecified atom stereocenters. The molecule has 0 aliphatic heterocycles. The molecule has 0 fully saturated rings. The second-order valence-electron chi connectivity index (χ2n) is 19.3. The third-order valence-corrected chi connectivity index (χ3v) is 12.3. The van der Waals surface area contributed by atoms with Gasteiger partial charge in [-0.1, -0.05) is 270 Å². The topological polar surface area (TPSA) is 78.9 Å². The van der Waals surface area contributed by atoms with E-state index in [1.807, 2.05) is 24.3 Å². The van der Waals surface area contributed by atoms with Gasteiger partial charge in [0.15, 0.2) is 6.10 Å². The van der Waals surface area contributed by atoms with Gasteiger partial charge in [-0.3, -0.25) is 14.4 Å². The number of hydrogen-bond acceptors (Lipinski definition) is 6. The minimum atomic E-state index is -0.809. The van der Waals surface area contributed by atoms with Gasteiger partial charge >= 0.3 is 17.9 Å². The average Bonchev–Trinajstić information content (AvgIpc) is 3.39. The summed E-state index contributed by atoms with van der Waals surface area (Å²) >= 11 is 0. The normalized spacial score (nSPS) is 13.1. The lowest BCUT2D eigenvalue weighted by Crippen LogP contribution is -2.30. The Balaban J connectivity index is 4.51. The van der Waals surface area contributed by atoms with Crippen LogP contribution >= 0.6 is 0 Å². The van der Waals surface area contributed by atoms with E-state index in [4.69, 9.17) is 14.2 Å². The Labute approximate surface area is 449 Å². The molecule has 0 aliphatic carbocycles. The molecule has 0 aromatic rings. The first kappa shape index (κ1) is 68.6. The van der Waals surface area contributed by atoms with Crippen molar-refractivity contribution in [2.75, 3.05) is 13.2 Å². The van der Waals surface area contributed by atoms with E-state index in [0.29, 0.717) is 12.8 Å². The van der Waals surface area contributed by atoms with Crippen molar-refractivity contribution in [2.24, 2.45) is 0 Å². The zero-order valence-corrected chi connectivity index (χ0v) is 47.1. The van der Waals surface area contributed by atoms with Crippen LogP contribution in [0.15, 0.2) is 134 Å². The summed E-state index contributed by atoms with van der Waals surface area (Å²) in [6.07, 6.45) is 84.3. The highest BCUT2D eigenvalue weighted by Gasteiger charge is 2.19. The molecule has 0 heterocycles. The van der Waals surface area contributed by atoms with Crippen LogP contribution in [0.5, 0.6) is 0 Å². The molecule has 73 heavy (non-hydrogen) atoms. The third kappa shape index (κ3) is 58.3. The predicted molar refractivity (Wildman–Crippen MR) is 316 cm³/mol. The number of unbranched alkanes of at least 4 members (excludes halogenated alkanes) is 25. The molecule has 0 saturated carbocycles. The minimum absolute atomic E-state index is 0.103. The molecule has 0 N–H and O–H groups in total. The molecule has 0 spiro atoms. The second kappa shape index (κ2) is 60.1. The van der Waals surface area contributed by atoms with E-state index in [-0.39, 0.29) is 37.5 Å². The number of allylic oxidation sites excluding steroid dienone is 22. The van der Waals surface area contributed by atoms with Crippen molar-refractivity contribution < 1.29 is 28.6 Å². The van der Waals surface area contributed by atoms with Crippen molar-refractivity contribution in [1.82, 2.24) is 0 Å². The van der Waals surface area contributed by atoms with Crippen molar-refractivity contribution in [2.45, 2.75) is 258 Å². The molecule has 0 rings (SSSR count). The number of ether oxygens (including phenoxy) is 3. The SMILES string of the molecule is CC/C=C\C/C=C\C/C=C\CCCCCCCCCCCC(=O)OCC(COC(=O)CCCCCCC\C=C/C=C\C=C/CCCCCCC)OC(=O)CCCCCCC\C=C/C=C\C=C/C=C\C=C/CCC. The highest BCUT2D eigenvalue weighted by atomic mass is 16.6. The Morgan fingerprint density at radius 2 is 0.616 bits per heavy atom. The van der Waals surface area contributed by atoms with E-state index in [2.05, 4.69) is 130 Å². The Hall–Kier alpha value is -4.45. The maximum atomic E-state index is 12.9. The van der Waals surface area contributed by atoms with E-state index in [1.165, 1.54) is 77.0 Å². The van der Waals surface area contributed by atoms with Crippen molar-refractivity contribution in [3.63, 3.8) is 0 Å². The van der Waals surface area contributed by atoms with E-state index in [9.17, 15) is 14.4 Å². The summed E-state index contributed by atoms with van der Waals surface area (Å²) in [5, 5.41) is 0. The van der Waals surface area contributed by atoms with Crippen LogP contribution in [-0.2, 0) is 28.6 Å². The van der Waals surface area contributed by atoms with Gasteiger partial charge in [-0.2, -0.15) is 0 Å². The summed E-state index contributed by atoms with van der Waals surface area (Å²) in [7, 11) is 0. The Kier molecular flexibility index (Phi) is 56.4. The van der Waals surface area contributed by atoms with Crippen LogP contribution in [0.3, 0.4) is 0 Å². The Morgan fingerprint density at radius 3 is 1.01 bits per heavy atom. The van der Waals surface area contributed by atoms with Gasteiger partial charge in [-0.15, -0.1) is 0 Å². The summed E-state index contributed by atoms with van der Waals surface area (Å²) in [6.45, 7) is 6.38. The molecule has 6 heteroatoms. The van der Waals surface area contributed by atoms with Crippen molar-refractivity contribution >= 4 is 17.9 Å². The maximum Gasteiger partial charge on any atom is 0.306 e. The van der Waals surface area contributed by atoms with Gasteiger partial charge < -0.3 is 14.2 Å². The molecule has 0 bridgehead atoms. The number of carbonyl (C=O) groups excluding carboxylic acids is 3. The molecular formula is C67H108O6. The van der Waals surface area contributed by atoms with Crippen molar-refractivity contribution in [3.05, 3.63) is 134 Å². The van der Waals surface area contributed by atoms with E-state index in [1.54, 1.807) is 0 Å². The van der Waals surface area contributed by atoms with Crippen LogP contribution in [0.4, 0.5) is 0 Å². The largest absolute Gasteiger partial charge is 0.462 e. The van der Waals surface area contributed by atoms with E-state index >= 15 is 0 Å². The molecule has 0 radical (unpaired) electrons. The standard InChI is InChI=1S/C67H108O6/c1-4-7-10-13-16-19-22-25-28-31-34-37-39-42-45-48-51-54-57-60-66(69)72-63-64(73-67(70)61-58-55-52-49-46-43-40-36-33-30-27-24-21-18-15-12-9-6-3)62-71-65(68)59-56-53-50-47-44-41-38-35-32-29-26-23-20-17-14-11-8-5-2/h7,10,12,15-16,18-19,21,23-30,32-33,35-36,38,40,64H,4-6,8-9,11,13-14,17,20,22,31,34,37,39,41-63H2,1-3H3/b10-7-,15-12-,19-16-,21-18-,26-23-,27-24-,28-25-,32-29-,33-30-,38-35-,40-36-. The smallest absolute Gasteiger partial charge is 0.306 e. The third-order valence-electron chi connectivity index (χ3n) is 12.3. The maximum absolute atomic E-state index is 12.9. The molecule has 6 nitrogen and oxygen atoms in total. The van der Waals surface area contributed by atoms with Gasteiger partial charge in [0.25, 0.3) is 0 Å². The zero-order chi connectivity index (χ0) is 52.9. The monoisotopic (exact) mass is 1010 g/mol. The first-order chi connectivity index (χ1) is 36.0. The average molecular weight is 1010 g/mol. The number of carbonyl (C=O) groups is 3. The fourth-order valence-corrected chi connectivity index (χ4v) is 7.84. The van der Waals surface area contributed by atoms with Crippen LogP contribution in [0, 0.1) is 0 Å². The zero-order valence-electron chi connectivity index (χ0n) is 47.1. The molecule has 0 saturated heterocycles. The lowest BCUT2D eigenvalue weighted by Gasteiger charge is -2.18. The molecule has 0 aromatic carbocycles. The Bertz CT molecular complexity index is 1580. The van der Waals surface area contributed by atoms with Gasteiger partial charge in [-0.05, 0) is 96.3 Å². The summed E-state index contributed by atoms with van der Waals surface area (Å²) in [6, 6.07) is 0.